The molecule has 0 aliphatic carbocycles. The monoisotopic (exact) mass is 468 g/mol. The zero-order valence-electron chi connectivity index (χ0n) is 17.2. The molecule has 3 aromatic rings. The predicted molar refractivity (Wildman–Crippen MR) is 127 cm³/mol. The summed E-state index contributed by atoms with van der Waals surface area (Å²) in [7, 11) is 0. The van der Waals surface area contributed by atoms with Gasteiger partial charge in [-0.15, -0.1) is 0 Å². The summed E-state index contributed by atoms with van der Waals surface area (Å²) in [6.07, 6.45) is 0. The summed E-state index contributed by atoms with van der Waals surface area (Å²) in [5.74, 6) is 0. The van der Waals surface area contributed by atoms with Crippen LogP contribution in [0.2, 0.25) is 0 Å². The van der Waals surface area contributed by atoms with E-state index in [-0.39, 0.29) is 10.8 Å². The van der Waals surface area contributed by atoms with Crippen molar-refractivity contribution in [3.05, 3.63) is 81.4 Å². The van der Waals surface area contributed by atoms with Gasteiger partial charge in [0.25, 0.3) is 0 Å². The van der Waals surface area contributed by atoms with Crippen molar-refractivity contribution in [1.29, 1.82) is 0 Å². The maximum Gasteiger partial charge on any atom is 0.0142 e. The number of benzene rings is 3. The van der Waals surface area contributed by atoms with Crippen LogP contribution in [0.25, 0.3) is 22.3 Å². The molecule has 1 heteroatoms. The highest BCUT2D eigenvalue weighted by molar-refractivity contribution is 14.1. The van der Waals surface area contributed by atoms with Gasteiger partial charge in [-0.1, -0.05) is 90.1 Å². The number of hydrogen-bond donors (Lipinski definition) is 0. The summed E-state index contributed by atoms with van der Waals surface area (Å²) in [6.45, 7) is 13.5. The molecule has 0 radical (unpaired) electrons. The second kappa shape index (κ2) is 7.43. The van der Waals surface area contributed by atoms with Gasteiger partial charge in [-0.25, -0.2) is 0 Å². The van der Waals surface area contributed by atoms with E-state index >= 15 is 0 Å². The first kappa shape index (κ1) is 20.1. The molecule has 0 amide bonds. The zero-order valence-corrected chi connectivity index (χ0v) is 19.4. The number of halogens is 1. The fourth-order valence-corrected chi connectivity index (χ4v) is 3.92. The average Bonchev–Trinajstić information content (AvgIpc) is 2.60. The molecule has 27 heavy (non-hydrogen) atoms. The van der Waals surface area contributed by atoms with Crippen LogP contribution < -0.4 is 0 Å². The molecule has 0 atom stereocenters. The molecule has 0 bridgehead atoms. The molecule has 0 saturated carbocycles. The molecule has 0 N–H and O–H groups in total. The Labute approximate surface area is 178 Å². The number of hydrogen-bond acceptors (Lipinski definition) is 0. The van der Waals surface area contributed by atoms with Crippen LogP contribution in [-0.4, -0.2) is 0 Å². The van der Waals surface area contributed by atoms with Crippen LogP contribution in [-0.2, 0) is 10.8 Å². The molecule has 0 saturated heterocycles. The molecule has 0 fully saturated rings. The van der Waals surface area contributed by atoms with Gasteiger partial charge in [0.2, 0.25) is 0 Å². The first-order valence-electron chi connectivity index (χ1n) is 9.56. The molecule has 3 aromatic carbocycles. The molecule has 0 aromatic heterocycles. The highest BCUT2D eigenvalue weighted by atomic mass is 127. The third kappa shape index (κ3) is 4.82. The maximum absolute atomic E-state index is 2.42. The molecule has 0 aliphatic heterocycles. The van der Waals surface area contributed by atoms with E-state index in [1.807, 2.05) is 0 Å². The van der Waals surface area contributed by atoms with E-state index in [0.717, 1.165) is 0 Å². The highest BCUT2D eigenvalue weighted by Crippen LogP contribution is 2.32. The first-order chi connectivity index (χ1) is 12.5. The van der Waals surface area contributed by atoms with Crippen molar-refractivity contribution in [2.24, 2.45) is 0 Å². The van der Waals surface area contributed by atoms with E-state index in [4.69, 9.17) is 0 Å². The first-order valence-corrected chi connectivity index (χ1v) is 10.6. The second-order valence-electron chi connectivity index (χ2n) is 9.38. The van der Waals surface area contributed by atoms with Crippen molar-refractivity contribution in [3.63, 3.8) is 0 Å². The van der Waals surface area contributed by atoms with Crippen LogP contribution >= 0.6 is 22.6 Å². The molecule has 0 nitrogen and oxygen atoms in total. The number of rotatable bonds is 2. The molecule has 0 spiro atoms. The minimum Gasteiger partial charge on any atom is -0.0579 e. The lowest BCUT2D eigenvalue weighted by atomic mass is 9.85. The molecular weight excluding hydrogens is 439 g/mol. The predicted octanol–water partition coefficient (Wildman–Crippen LogP) is 8.22. The average molecular weight is 468 g/mol. The Bertz CT molecular complexity index is 842. The van der Waals surface area contributed by atoms with Crippen LogP contribution in [0, 0.1) is 3.57 Å². The largest absolute Gasteiger partial charge is 0.0579 e. The molecular formula is C26H29I. The van der Waals surface area contributed by atoms with E-state index in [9.17, 15) is 0 Å². The van der Waals surface area contributed by atoms with Crippen LogP contribution in [0.4, 0.5) is 0 Å². The van der Waals surface area contributed by atoms with Crippen LogP contribution in [0.3, 0.4) is 0 Å². The SMILES string of the molecule is CC(C)(C)c1ccc(-c2cc(I)cc(-c3ccc(C(C)(C)C)cc3)c2)cc1. The van der Waals surface area contributed by atoms with Gasteiger partial charge in [-0.2, -0.15) is 0 Å². The summed E-state index contributed by atoms with van der Waals surface area (Å²) in [5.41, 5.74) is 8.20. The lowest BCUT2D eigenvalue weighted by Gasteiger charge is -2.20. The smallest absolute Gasteiger partial charge is 0.0142 e. The Kier molecular flexibility index (Phi) is 5.54. The van der Waals surface area contributed by atoms with Gasteiger partial charge in [0.1, 0.15) is 0 Å². The molecule has 140 valence electrons. The third-order valence-corrected chi connectivity index (χ3v) is 5.69. The maximum atomic E-state index is 2.42. The zero-order chi connectivity index (χ0) is 19.8. The van der Waals surface area contributed by atoms with Gasteiger partial charge < -0.3 is 0 Å². The second-order valence-corrected chi connectivity index (χ2v) is 10.6. The fourth-order valence-electron chi connectivity index (χ4n) is 3.25. The van der Waals surface area contributed by atoms with Crippen LogP contribution in [0.15, 0.2) is 66.7 Å². The highest BCUT2D eigenvalue weighted by Gasteiger charge is 2.15. The van der Waals surface area contributed by atoms with E-state index in [1.54, 1.807) is 0 Å². The van der Waals surface area contributed by atoms with Crippen molar-refractivity contribution < 1.29 is 0 Å². The van der Waals surface area contributed by atoms with Gasteiger partial charge in [-0.3, -0.25) is 0 Å². The molecule has 0 aliphatic rings. The Morgan fingerprint density at radius 1 is 0.481 bits per heavy atom. The normalized spacial score (nSPS) is 12.3. The fraction of sp³-hybridized carbons (Fsp3) is 0.308. The molecule has 0 unspecified atom stereocenters. The van der Waals surface area contributed by atoms with Crippen molar-refractivity contribution in [1.82, 2.24) is 0 Å². The van der Waals surface area contributed by atoms with E-state index in [1.165, 1.54) is 37.0 Å². The van der Waals surface area contributed by atoms with Gasteiger partial charge >= 0.3 is 0 Å². The standard InChI is InChI=1S/C26H29I/c1-25(2,3)22-11-7-18(8-12-22)20-15-21(17-24(27)16-20)19-9-13-23(14-10-19)26(4,5)6/h7-17H,1-6H3. The minimum atomic E-state index is 0.184. The van der Waals surface area contributed by atoms with Crippen LogP contribution in [0.1, 0.15) is 52.7 Å². The van der Waals surface area contributed by atoms with Crippen LogP contribution in [0.5, 0.6) is 0 Å². The van der Waals surface area contributed by atoms with Crippen molar-refractivity contribution in [3.8, 4) is 22.3 Å². The Morgan fingerprint density at radius 2 is 0.815 bits per heavy atom. The van der Waals surface area contributed by atoms with Crippen molar-refractivity contribution in [2.75, 3.05) is 0 Å². The topological polar surface area (TPSA) is 0 Å². The van der Waals surface area contributed by atoms with Crippen molar-refractivity contribution in [2.45, 2.75) is 52.4 Å². The van der Waals surface area contributed by atoms with Gasteiger partial charge in [0.05, 0.1) is 0 Å². The van der Waals surface area contributed by atoms with Gasteiger partial charge in [0.15, 0.2) is 0 Å². The van der Waals surface area contributed by atoms with E-state index in [0.29, 0.717) is 0 Å². The Hall–Kier alpha value is -1.61. The summed E-state index contributed by atoms with van der Waals surface area (Å²) in [6, 6.07) is 24.9. The van der Waals surface area contributed by atoms with Gasteiger partial charge in [0, 0.05) is 3.57 Å². The summed E-state index contributed by atoms with van der Waals surface area (Å²) >= 11 is 2.42. The quantitative estimate of drug-likeness (QED) is 0.333. The van der Waals surface area contributed by atoms with E-state index in [2.05, 4.69) is 131 Å². The lowest BCUT2D eigenvalue weighted by molar-refractivity contribution is 0.590. The Balaban J connectivity index is 1.97. The molecule has 3 rings (SSSR count). The third-order valence-electron chi connectivity index (χ3n) is 5.07. The molecule has 0 heterocycles. The minimum absolute atomic E-state index is 0.184. The lowest BCUT2D eigenvalue weighted by Crippen LogP contribution is -2.10. The summed E-state index contributed by atoms with van der Waals surface area (Å²) in [4.78, 5) is 0. The van der Waals surface area contributed by atoms with Crippen molar-refractivity contribution >= 4 is 22.6 Å². The summed E-state index contributed by atoms with van der Waals surface area (Å²) in [5, 5.41) is 0. The summed E-state index contributed by atoms with van der Waals surface area (Å²) < 4.78 is 1.26. The Morgan fingerprint density at radius 3 is 1.11 bits per heavy atom. The van der Waals surface area contributed by atoms with Gasteiger partial charge in [-0.05, 0) is 85.0 Å². The van der Waals surface area contributed by atoms with E-state index < -0.39 is 0 Å².